The lowest BCUT2D eigenvalue weighted by atomic mass is 10.0. The largest absolute Gasteiger partial charge is 0.480 e. The smallest absolute Gasteiger partial charge is 0.325 e. The number of hydrogen-bond acceptors (Lipinski definition) is 4. The number of rotatable bonds is 4. The van der Waals surface area contributed by atoms with Crippen molar-refractivity contribution < 1.29 is 27.1 Å². The molecule has 0 aromatic heterocycles. The van der Waals surface area contributed by atoms with Gasteiger partial charge in [0.25, 0.3) is 0 Å². The predicted molar refractivity (Wildman–Crippen MR) is 76.7 cm³/mol. The van der Waals surface area contributed by atoms with Crippen LogP contribution >= 0.6 is 27.7 Å². The molecular weight excluding hydrogens is 392 g/mol. The van der Waals surface area contributed by atoms with Gasteiger partial charge in [-0.3, -0.25) is 4.79 Å². The zero-order valence-corrected chi connectivity index (χ0v) is 13.6. The van der Waals surface area contributed by atoms with Crippen LogP contribution in [-0.2, 0) is 14.8 Å². The first-order valence-corrected chi connectivity index (χ1v) is 9.11. The number of halogens is 3. The highest BCUT2D eigenvalue weighted by Gasteiger charge is 2.46. The molecule has 1 fully saturated rings. The Morgan fingerprint density at radius 3 is 2.57 bits per heavy atom. The molecule has 0 saturated carbocycles. The zero-order chi connectivity index (χ0) is 15.8. The van der Waals surface area contributed by atoms with Crippen LogP contribution < -0.4 is 4.72 Å². The van der Waals surface area contributed by atoms with Crippen LogP contribution in [0.5, 0.6) is 0 Å². The average Bonchev–Trinajstić information content (AvgIpc) is 2.75. The number of carboxylic acids is 1. The quantitative estimate of drug-likeness (QED) is 0.805. The maximum atomic E-state index is 13.8. The Hall–Kier alpha value is -0.710. The van der Waals surface area contributed by atoms with Crippen LogP contribution in [0.1, 0.15) is 6.42 Å². The van der Waals surface area contributed by atoms with Crippen LogP contribution in [0.3, 0.4) is 0 Å². The van der Waals surface area contributed by atoms with Gasteiger partial charge in [-0.15, -0.1) is 0 Å². The van der Waals surface area contributed by atoms with E-state index in [2.05, 4.69) is 15.9 Å². The van der Waals surface area contributed by atoms with Crippen molar-refractivity contribution in [3.05, 3.63) is 28.2 Å². The summed E-state index contributed by atoms with van der Waals surface area (Å²) in [4.78, 5) is 10.5. The molecule has 0 bridgehead atoms. The molecule has 1 saturated heterocycles. The first-order chi connectivity index (χ1) is 9.68. The molecule has 1 unspecified atom stereocenters. The molecule has 2 rings (SSSR count). The van der Waals surface area contributed by atoms with Gasteiger partial charge in [0.05, 0.1) is 0 Å². The van der Waals surface area contributed by atoms with Crippen molar-refractivity contribution in [2.24, 2.45) is 0 Å². The lowest BCUT2D eigenvalue weighted by Crippen LogP contribution is -2.54. The third kappa shape index (κ3) is 3.22. The molecule has 0 spiro atoms. The van der Waals surface area contributed by atoms with Gasteiger partial charge in [0, 0.05) is 16.3 Å². The Bertz CT molecular complexity index is 666. The van der Waals surface area contributed by atoms with E-state index in [0.717, 1.165) is 6.07 Å². The Morgan fingerprint density at radius 2 is 2.10 bits per heavy atom. The first-order valence-electron chi connectivity index (χ1n) is 5.68. The lowest BCUT2D eigenvalue weighted by molar-refractivity contribution is -0.142. The highest BCUT2D eigenvalue weighted by Crippen LogP contribution is 2.32. The number of hydrogen-bond donors (Lipinski definition) is 2. The predicted octanol–water partition coefficient (Wildman–Crippen LogP) is 1.97. The summed E-state index contributed by atoms with van der Waals surface area (Å²) in [7, 11) is -4.46. The van der Waals surface area contributed by atoms with Gasteiger partial charge in [-0.1, -0.05) is 0 Å². The van der Waals surface area contributed by atoms with E-state index >= 15 is 0 Å². The second-order valence-electron chi connectivity index (χ2n) is 4.49. The van der Waals surface area contributed by atoms with Crippen LogP contribution in [0.2, 0.25) is 0 Å². The van der Waals surface area contributed by atoms with Crippen molar-refractivity contribution in [1.29, 1.82) is 0 Å². The topological polar surface area (TPSA) is 83.5 Å². The molecule has 5 nitrogen and oxygen atoms in total. The Labute approximate surface area is 132 Å². The van der Waals surface area contributed by atoms with Crippen molar-refractivity contribution in [2.45, 2.75) is 16.9 Å². The Balaban J connectivity index is 2.46. The van der Waals surface area contributed by atoms with Crippen LogP contribution in [0.25, 0.3) is 0 Å². The molecule has 1 aliphatic heterocycles. The highest BCUT2D eigenvalue weighted by atomic mass is 79.9. The molecule has 1 aromatic rings. The minimum absolute atomic E-state index is 0.0436. The van der Waals surface area contributed by atoms with E-state index in [4.69, 9.17) is 0 Å². The van der Waals surface area contributed by atoms with Crippen molar-refractivity contribution in [3.63, 3.8) is 0 Å². The van der Waals surface area contributed by atoms with Crippen LogP contribution in [0.15, 0.2) is 21.5 Å². The fraction of sp³-hybridized carbons (Fsp3) is 0.364. The molecule has 2 N–H and O–H groups in total. The summed E-state index contributed by atoms with van der Waals surface area (Å²) in [6, 6.07) is 1.23. The Kier molecular flexibility index (Phi) is 4.62. The number of sulfonamides is 1. The lowest BCUT2D eigenvalue weighted by Gasteiger charge is -2.24. The molecule has 1 atom stereocenters. The summed E-state index contributed by atoms with van der Waals surface area (Å²) in [5.74, 6) is -3.04. The highest BCUT2D eigenvalue weighted by molar-refractivity contribution is 9.10. The monoisotopic (exact) mass is 401 g/mol. The van der Waals surface area contributed by atoms with E-state index < -0.39 is 38.1 Å². The van der Waals surface area contributed by atoms with Gasteiger partial charge < -0.3 is 5.11 Å². The molecule has 0 radical (unpaired) electrons. The Morgan fingerprint density at radius 1 is 1.43 bits per heavy atom. The number of aliphatic carboxylic acids is 1. The summed E-state index contributed by atoms with van der Waals surface area (Å²) in [5.41, 5.74) is -1.68. The molecule has 1 aromatic carbocycles. The van der Waals surface area contributed by atoms with Crippen LogP contribution in [0, 0.1) is 11.6 Å². The fourth-order valence-corrected chi connectivity index (χ4v) is 5.93. The van der Waals surface area contributed by atoms with Gasteiger partial charge in [0.2, 0.25) is 10.0 Å². The molecule has 1 aliphatic rings. The summed E-state index contributed by atoms with van der Waals surface area (Å²) in [5, 5.41) is 9.25. The first kappa shape index (κ1) is 16.7. The zero-order valence-electron chi connectivity index (χ0n) is 10.4. The second-order valence-corrected chi connectivity index (χ2v) is 8.07. The van der Waals surface area contributed by atoms with Gasteiger partial charge >= 0.3 is 5.97 Å². The summed E-state index contributed by atoms with van der Waals surface area (Å²) < 4.78 is 53.1. The molecule has 0 aliphatic carbocycles. The summed E-state index contributed by atoms with van der Waals surface area (Å²) in [6.07, 6.45) is 0.0899. The van der Waals surface area contributed by atoms with Gasteiger partial charge in [0.15, 0.2) is 0 Å². The van der Waals surface area contributed by atoms with E-state index in [-0.39, 0.29) is 16.6 Å². The number of carboxylic acid groups (broad SMARTS) is 1. The van der Waals surface area contributed by atoms with Gasteiger partial charge in [-0.2, -0.15) is 16.5 Å². The normalized spacial score (nSPS) is 22.4. The maximum absolute atomic E-state index is 13.8. The SMILES string of the molecule is O=C(O)C1(NS(=O)(=O)c2c(F)cc(F)cc2Br)CCSC1. The molecule has 1 heterocycles. The van der Waals surface area contributed by atoms with Crippen molar-refractivity contribution in [1.82, 2.24) is 4.72 Å². The van der Waals surface area contributed by atoms with Crippen molar-refractivity contribution in [2.75, 3.05) is 11.5 Å². The number of thioether (sulfide) groups is 1. The minimum Gasteiger partial charge on any atom is -0.480 e. The third-order valence-corrected chi connectivity index (χ3v) is 6.68. The van der Waals surface area contributed by atoms with Crippen molar-refractivity contribution in [3.8, 4) is 0 Å². The standard InChI is InChI=1S/C11H10BrF2NO4S2/c12-7-3-6(13)4-8(14)9(7)21(18,19)15-11(10(16)17)1-2-20-5-11/h3-4,15H,1-2,5H2,(H,16,17). The summed E-state index contributed by atoms with van der Waals surface area (Å²) in [6.45, 7) is 0. The average molecular weight is 402 g/mol. The van der Waals surface area contributed by atoms with Crippen LogP contribution in [0.4, 0.5) is 8.78 Å². The van der Waals surface area contributed by atoms with Gasteiger partial charge in [-0.05, 0) is 34.2 Å². The van der Waals surface area contributed by atoms with E-state index in [9.17, 15) is 27.1 Å². The van der Waals surface area contributed by atoms with E-state index in [1.165, 1.54) is 11.8 Å². The molecule has 21 heavy (non-hydrogen) atoms. The van der Waals surface area contributed by atoms with Gasteiger partial charge in [-0.25, -0.2) is 17.2 Å². The molecule has 116 valence electrons. The van der Waals surface area contributed by atoms with Crippen molar-refractivity contribution >= 4 is 43.7 Å². The van der Waals surface area contributed by atoms with Crippen LogP contribution in [-0.4, -0.2) is 36.5 Å². The molecule has 0 amide bonds. The van der Waals surface area contributed by atoms with E-state index in [1.54, 1.807) is 0 Å². The fourth-order valence-electron chi connectivity index (χ4n) is 1.95. The molecular formula is C11H10BrF2NO4S2. The third-order valence-electron chi connectivity index (χ3n) is 2.99. The minimum atomic E-state index is -4.46. The number of carbonyl (C=O) groups is 1. The second kappa shape index (κ2) is 5.82. The molecule has 10 heteroatoms. The van der Waals surface area contributed by atoms with E-state index in [0.29, 0.717) is 11.8 Å². The maximum Gasteiger partial charge on any atom is 0.325 e. The van der Waals surface area contributed by atoms with E-state index in [1.807, 2.05) is 4.72 Å². The number of nitrogens with one attached hydrogen (secondary N) is 1. The number of benzene rings is 1. The van der Waals surface area contributed by atoms with Gasteiger partial charge in [0.1, 0.15) is 22.1 Å². The summed E-state index contributed by atoms with van der Waals surface area (Å²) >= 11 is 4.07.